The average Bonchev–Trinajstić information content (AvgIpc) is 3.04. The van der Waals surface area contributed by atoms with Gasteiger partial charge in [-0.1, -0.05) is 13.8 Å². The second kappa shape index (κ2) is 7.27. The van der Waals surface area contributed by atoms with E-state index in [1.807, 2.05) is 11.3 Å². The van der Waals surface area contributed by atoms with E-state index in [2.05, 4.69) is 30.6 Å². The predicted octanol–water partition coefficient (Wildman–Crippen LogP) is 3.92. The molecule has 1 aliphatic heterocycles. The molecule has 0 bridgehead atoms. The molecule has 0 aromatic carbocycles. The topological polar surface area (TPSA) is 21.3 Å². The van der Waals surface area contributed by atoms with Crippen LogP contribution in [0.25, 0.3) is 0 Å². The second-order valence-corrected chi connectivity index (χ2v) is 5.93. The average molecular weight is 267 g/mol. The lowest BCUT2D eigenvalue weighted by molar-refractivity contribution is 0.0997. The summed E-state index contributed by atoms with van der Waals surface area (Å²) in [5.41, 5.74) is 1.51. The zero-order valence-electron chi connectivity index (χ0n) is 11.6. The summed E-state index contributed by atoms with van der Waals surface area (Å²) in [6.45, 7) is 6.44. The highest BCUT2D eigenvalue weighted by molar-refractivity contribution is 7.10. The van der Waals surface area contributed by atoms with E-state index in [0.717, 1.165) is 19.6 Å². The first-order chi connectivity index (χ1) is 8.85. The number of thiophene rings is 1. The normalized spacial score (nSPS) is 21.3. The van der Waals surface area contributed by atoms with Gasteiger partial charge in [-0.15, -0.1) is 11.3 Å². The van der Waals surface area contributed by atoms with E-state index < -0.39 is 0 Å². The van der Waals surface area contributed by atoms with Crippen LogP contribution in [-0.2, 0) is 11.2 Å². The number of nitrogens with one attached hydrogen (secondary N) is 1. The second-order valence-electron chi connectivity index (χ2n) is 4.99. The summed E-state index contributed by atoms with van der Waals surface area (Å²) < 4.78 is 5.73. The van der Waals surface area contributed by atoms with Crippen molar-refractivity contribution in [2.75, 3.05) is 13.2 Å². The number of rotatable bonds is 7. The Morgan fingerprint density at radius 3 is 3.06 bits per heavy atom. The van der Waals surface area contributed by atoms with E-state index in [1.165, 1.54) is 36.1 Å². The molecular weight excluding hydrogens is 242 g/mol. The van der Waals surface area contributed by atoms with Crippen molar-refractivity contribution in [1.82, 2.24) is 5.32 Å². The molecule has 0 saturated carbocycles. The zero-order valence-corrected chi connectivity index (χ0v) is 12.4. The van der Waals surface area contributed by atoms with E-state index in [1.54, 1.807) is 0 Å². The van der Waals surface area contributed by atoms with E-state index in [4.69, 9.17) is 4.74 Å². The molecule has 2 heterocycles. The first-order valence-corrected chi connectivity index (χ1v) is 8.14. The van der Waals surface area contributed by atoms with Crippen LogP contribution < -0.4 is 5.32 Å². The van der Waals surface area contributed by atoms with Crippen molar-refractivity contribution < 1.29 is 4.74 Å². The van der Waals surface area contributed by atoms with Gasteiger partial charge in [-0.3, -0.25) is 0 Å². The first kappa shape index (κ1) is 14.0. The molecule has 102 valence electrons. The third-order valence-corrected chi connectivity index (χ3v) is 4.80. The van der Waals surface area contributed by atoms with Crippen LogP contribution in [0.1, 0.15) is 56.0 Å². The molecule has 2 unspecified atom stereocenters. The molecule has 0 radical (unpaired) electrons. The van der Waals surface area contributed by atoms with Crippen LogP contribution in [0, 0.1) is 0 Å². The molecule has 2 rings (SSSR count). The smallest absolute Gasteiger partial charge is 0.0576 e. The van der Waals surface area contributed by atoms with Crippen molar-refractivity contribution in [3.05, 3.63) is 21.9 Å². The number of aryl methyl sites for hydroxylation is 1. The van der Waals surface area contributed by atoms with E-state index in [-0.39, 0.29) is 0 Å². The molecule has 1 saturated heterocycles. The molecule has 0 amide bonds. The standard InChI is InChI=1S/C15H25NOS/c1-3-12-9-11-18-15(12)14(16-4-2)8-7-13-6-5-10-17-13/h9,11,13-14,16H,3-8,10H2,1-2H3. The van der Waals surface area contributed by atoms with Gasteiger partial charge >= 0.3 is 0 Å². The third-order valence-electron chi connectivity index (χ3n) is 3.73. The molecule has 2 nitrogen and oxygen atoms in total. The van der Waals surface area contributed by atoms with Crippen LogP contribution in [0.4, 0.5) is 0 Å². The molecule has 0 spiro atoms. The lowest BCUT2D eigenvalue weighted by Gasteiger charge is -2.20. The number of ether oxygens (including phenoxy) is 1. The maximum atomic E-state index is 5.73. The van der Waals surface area contributed by atoms with Gasteiger partial charge < -0.3 is 10.1 Å². The molecular formula is C15H25NOS. The van der Waals surface area contributed by atoms with Gasteiger partial charge in [0.15, 0.2) is 0 Å². The summed E-state index contributed by atoms with van der Waals surface area (Å²) >= 11 is 1.90. The SMILES string of the molecule is CCNC(CCC1CCCO1)c1sccc1CC. The fourth-order valence-electron chi connectivity index (χ4n) is 2.74. The van der Waals surface area contributed by atoms with Crippen LogP contribution in [0.2, 0.25) is 0 Å². The Morgan fingerprint density at radius 1 is 1.50 bits per heavy atom. The Hall–Kier alpha value is -0.380. The Bertz CT molecular complexity index is 344. The zero-order chi connectivity index (χ0) is 12.8. The van der Waals surface area contributed by atoms with Gasteiger partial charge in [0.05, 0.1) is 6.10 Å². The Labute approximate surface area is 115 Å². The minimum Gasteiger partial charge on any atom is -0.378 e. The fraction of sp³-hybridized carbons (Fsp3) is 0.733. The van der Waals surface area contributed by atoms with Gasteiger partial charge in [-0.2, -0.15) is 0 Å². The maximum Gasteiger partial charge on any atom is 0.0576 e. The molecule has 1 aromatic heterocycles. The highest BCUT2D eigenvalue weighted by atomic mass is 32.1. The van der Waals surface area contributed by atoms with Gasteiger partial charge in [0.1, 0.15) is 0 Å². The highest BCUT2D eigenvalue weighted by Crippen LogP contribution is 2.30. The van der Waals surface area contributed by atoms with Crippen molar-refractivity contribution in [2.45, 2.75) is 58.1 Å². The first-order valence-electron chi connectivity index (χ1n) is 7.26. The van der Waals surface area contributed by atoms with Gasteiger partial charge in [-0.05, 0) is 55.7 Å². The van der Waals surface area contributed by atoms with Gasteiger partial charge in [0, 0.05) is 17.5 Å². The number of hydrogen-bond acceptors (Lipinski definition) is 3. The van der Waals surface area contributed by atoms with E-state index in [0.29, 0.717) is 12.1 Å². The number of hydrogen-bond donors (Lipinski definition) is 1. The quantitative estimate of drug-likeness (QED) is 0.808. The Balaban J connectivity index is 1.94. The van der Waals surface area contributed by atoms with Crippen molar-refractivity contribution in [3.63, 3.8) is 0 Å². The lowest BCUT2D eigenvalue weighted by atomic mass is 10.0. The van der Waals surface area contributed by atoms with E-state index in [9.17, 15) is 0 Å². The largest absolute Gasteiger partial charge is 0.378 e. The summed E-state index contributed by atoms with van der Waals surface area (Å²) in [4.78, 5) is 1.54. The predicted molar refractivity (Wildman–Crippen MR) is 78.3 cm³/mol. The third kappa shape index (κ3) is 3.56. The molecule has 1 fully saturated rings. The monoisotopic (exact) mass is 267 g/mol. The minimum absolute atomic E-state index is 0.510. The fourth-order valence-corrected chi connectivity index (χ4v) is 3.85. The Kier molecular flexibility index (Phi) is 5.67. The molecule has 1 N–H and O–H groups in total. The van der Waals surface area contributed by atoms with Crippen molar-refractivity contribution in [2.24, 2.45) is 0 Å². The summed E-state index contributed by atoms with van der Waals surface area (Å²) in [5, 5.41) is 5.87. The Morgan fingerprint density at radius 2 is 2.39 bits per heavy atom. The lowest BCUT2D eigenvalue weighted by Crippen LogP contribution is -2.22. The molecule has 2 atom stereocenters. The van der Waals surface area contributed by atoms with Crippen LogP contribution >= 0.6 is 11.3 Å². The maximum absolute atomic E-state index is 5.73. The summed E-state index contributed by atoms with van der Waals surface area (Å²) in [6, 6.07) is 2.80. The van der Waals surface area contributed by atoms with Crippen LogP contribution in [-0.4, -0.2) is 19.3 Å². The van der Waals surface area contributed by atoms with Crippen LogP contribution in [0.15, 0.2) is 11.4 Å². The van der Waals surface area contributed by atoms with Gasteiger partial charge in [-0.25, -0.2) is 0 Å². The molecule has 0 aliphatic carbocycles. The van der Waals surface area contributed by atoms with E-state index >= 15 is 0 Å². The van der Waals surface area contributed by atoms with Crippen molar-refractivity contribution >= 4 is 11.3 Å². The minimum atomic E-state index is 0.510. The summed E-state index contributed by atoms with van der Waals surface area (Å²) in [5.74, 6) is 0. The van der Waals surface area contributed by atoms with Crippen LogP contribution in [0.5, 0.6) is 0 Å². The molecule has 18 heavy (non-hydrogen) atoms. The highest BCUT2D eigenvalue weighted by Gasteiger charge is 2.20. The van der Waals surface area contributed by atoms with Crippen molar-refractivity contribution in [1.29, 1.82) is 0 Å². The van der Waals surface area contributed by atoms with Crippen molar-refractivity contribution in [3.8, 4) is 0 Å². The summed E-state index contributed by atoms with van der Waals surface area (Å²) in [6.07, 6.45) is 6.54. The molecule has 3 heteroatoms. The summed E-state index contributed by atoms with van der Waals surface area (Å²) in [7, 11) is 0. The van der Waals surface area contributed by atoms with Gasteiger partial charge in [0.2, 0.25) is 0 Å². The molecule has 1 aliphatic rings. The van der Waals surface area contributed by atoms with Crippen LogP contribution in [0.3, 0.4) is 0 Å². The molecule has 1 aromatic rings. The van der Waals surface area contributed by atoms with Gasteiger partial charge in [0.25, 0.3) is 0 Å².